The lowest BCUT2D eigenvalue weighted by Crippen LogP contribution is -2.35. The van der Waals surface area contributed by atoms with E-state index in [1.165, 1.54) is 0 Å². The molecule has 0 saturated carbocycles. The Hall–Kier alpha value is -1.69. The summed E-state index contributed by atoms with van der Waals surface area (Å²) in [6.45, 7) is 1.27. The van der Waals surface area contributed by atoms with Crippen LogP contribution in [0.5, 0.6) is 0 Å². The zero-order valence-corrected chi connectivity index (χ0v) is 14.3. The second kappa shape index (κ2) is 8.82. The van der Waals surface area contributed by atoms with Crippen LogP contribution in [-0.4, -0.2) is 46.9 Å². The van der Waals surface area contributed by atoms with Gasteiger partial charge in [0.25, 0.3) is 5.91 Å². The molecular weight excluding hydrogens is 314 g/mol. The van der Waals surface area contributed by atoms with E-state index in [9.17, 15) is 13.8 Å². The number of hydrogen-bond donors (Lipinski definition) is 0. The number of carbonyl (C=O) groups is 2. The zero-order valence-electron chi connectivity index (χ0n) is 13.5. The summed E-state index contributed by atoms with van der Waals surface area (Å²) in [7, 11) is -0.967. The summed E-state index contributed by atoms with van der Waals surface area (Å²) in [5.74, 6) is -0.253. The Bertz CT molecular complexity index is 580. The van der Waals surface area contributed by atoms with Gasteiger partial charge in [0.1, 0.15) is 0 Å². The van der Waals surface area contributed by atoms with E-state index in [-0.39, 0.29) is 12.5 Å². The summed E-state index contributed by atoms with van der Waals surface area (Å²) in [5.41, 5.74) is 1.20. The van der Waals surface area contributed by atoms with Crippen molar-refractivity contribution in [3.63, 3.8) is 0 Å². The Morgan fingerprint density at radius 1 is 1.17 bits per heavy atom. The molecule has 0 N–H and O–H groups in total. The maximum atomic E-state index is 12.1. The van der Waals surface area contributed by atoms with Crippen molar-refractivity contribution < 1.29 is 18.5 Å². The van der Waals surface area contributed by atoms with Crippen LogP contribution in [0.2, 0.25) is 0 Å². The fraction of sp³-hybridized carbons (Fsp3) is 0.529. The van der Waals surface area contributed by atoms with E-state index in [1.807, 2.05) is 6.07 Å². The zero-order chi connectivity index (χ0) is 16.7. The molecule has 126 valence electrons. The molecule has 1 aliphatic rings. The fourth-order valence-corrected chi connectivity index (χ4v) is 3.29. The van der Waals surface area contributed by atoms with Crippen molar-refractivity contribution in [3.8, 4) is 0 Å². The number of hydrogen-bond acceptors (Lipinski definition) is 4. The topological polar surface area (TPSA) is 63.7 Å². The second-order valence-electron chi connectivity index (χ2n) is 5.79. The highest BCUT2D eigenvalue weighted by molar-refractivity contribution is 7.83. The molecule has 1 atom stereocenters. The molecule has 5 nitrogen and oxygen atoms in total. The van der Waals surface area contributed by atoms with Gasteiger partial charge in [-0.15, -0.1) is 0 Å². The fourth-order valence-electron chi connectivity index (χ4n) is 2.64. The second-order valence-corrected chi connectivity index (χ2v) is 7.22. The summed E-state index contributed by atoms with van der Waals surface area (Å²) in [4.78, 5) is 26.0. The van der Waals surface area contributed by atoms with Crippen LogP contribution in [-0.2, 0) is 26.1 Å². The van der Waals surface area contributed by atoms with Crippen LogP contribution in [0.1, 0.15) is 41.6 Å². The van der Waals surface area contributed by atoms with Gasteiger partial charge in [-0.25, -0.2) is 4.79 Å². The Balaban J connectivity index is 1.88. The monoisotopic (exact) mass is 337 g/mol. The van der Waals surface area contributed by atoms with E-state index in [1.54, 1.807) is 29.4 Å². The lowest BCUT2D eigenvalue weighted by atomic mass is 10.1. The van der Waals surface area contributed by atoms with Gasteiger partial charge in [-0.3, -0.25) is 9.00 Å². The predicted octanol–water partition coefficient (Wildman–Crippen LogP) is 2.12. The summed E-state index contributed by atoms with van der Waals surface area (Å²) in [6, 6.07) is 6.86. The molecule has 23 heavy (non-hydrogen) atoms. The molecule has 1 aliphatic heterocycles. The van der Waals surface area contributed by atoms with Crippen LogP contribution in [0.4, 0.5) is 0 Å². The Morgan fingerprint density at radius 3 is 2.52 bits per heavy atom. The van der Waals surface area contributed by atoms with Crippen molar-refractivity contribution in [2.45, 2.75) is 31.4 Å². The molecule has 1 amide bonds. The summed E-state index contributed by atoms with van der Waals surface area (Å²) in [6.07, 6.45) is 5.93. The van der Waals surface area contributed by atoms with Crippen LogP contribution < -0.4 is 0 Å². The first kappa shape index (κ1) is 17.7. The van der Waals surface area contributed by atoms with Gasteiger partial charge in [-0.05, 0) is 30.5 Å². The lowest BCUT2D eigenvalue weighted by Gasteiger charge is -2.19. The smallest absolute Gasteiger partial charge is 0.338 e. The van der Waals surface area contributed by atoms with Crippen LogP contribution in [0.25, 0.3) is 0 Å². The minimum atomic E-state index is -0.967. The van der Waals surface area contributed by atoms with Gasteiger partial charge in [-0.2, -0.15) is 0 Å². The van der Waals surface area contributed by atoms with E-state index in [2.05, 4.69) is 0 Å². The number of amides is 1. The van der Waals surface area contributed by atoms with Crippen LogP contribution in [0, 0.1) is 0 Å². The molecule has 1 aromatic carbocycles. The Kier molecular flexibility index (Phi) is 6.77. The largest absolute Gasteiger partial charge is 0.452 e. The number of carbonyl (C=O) groups excluding carboxylic acids is 2. The molecule has 0 aliphatic carbocycles. The van der Waals surface area contributed by atoms with Crippen LogP contribution >= 0.6 is 0 Å². The minimum Gasteiger partial charge on any atom is -0.452 e. The van der Waals surface area contributed by atoms with E-state index >= 15 is 0 Å². The molecule has 2 rings (SSSR count). The third-order valence-electron chi connectivity index (χ3n) is 3.82. The van der Waals surface area contributed by atoms with Gasteiger partial charge in [0.2, 0.25) is 0 Å². The van der Waals surface area contributed by atoms with E-state index in [4.69, 9.17) is 4.74 Å². The first-order valence-corrected chi connectivity index (χ1v) is 9.63. The predicted molar refractivity (Wildman–Crippen MR) is 89.5 cm³/mol. The van der Waals surface area contributed by atoms with Gasteiger partial charge in [0.15, 0.2) is 6.61 Å². The van der Waals surface area contributed by atoms with E-state index < -0.39 is 16.8 Å². The van der Waals surface area contributed by atoms with Crippen LogP contribution in [0.3, 0.4) is 0 Å². The molecular formula is C17H23NO4S. The first-order chi connectivity index (χ1) is 11.1. The van der Waals surface area contributed by atoms with Gasteiger partial charge < -0.3 is 9.64 Å². The maximum Gasteiger partial charge on any atom is 0.338 e. The molecule has 6 heteroatoms. The first-order valence-electron chi connectivity index (χ1n) is 7.90. The molecule has 0 radical (unpaired) electrons. The summed E-state index contributed by atoms with van der Waals surface area (Å²) < 4.78 is 16.4. The molecule has 1 aromatic rings. The number of ether oxygens (including phenoxy) is 1. The number of benzene rings is 1. The molecule has 1 fully saturated rings. The number of nitrogens with zero attached hydrogens (tertiary/aromatic N) is 1. The van der Waals surface area contributed by atoms with Gasteiger partial charge in [0, 0.05) is 35.9 Å². The standard InChI is InChI=1S/C17H23NO4S/c1-23(21)13-14-7-6-8-15(11-14)17(20)22-12-16(19)18-9-4-2-3-5-10-18/h6-8,11H,2-5,9-10,12-13H2,1H3. The lowest BCUT2D eigenvalue weighted by molar-refractivity contribution is -0.134. The molecule has 1 unspecified atom stereocenters. The van der Waals surface area contributed by atoms with Crippen molar-refractivity contribution in [3.05, 3.63) is 35.4 Å². The summed E-state index contributed by atoms with van der Waals surface area (Å²) >= 11 is 0. The average molecular weight is 337 g/mol. The minimum absolute atomic E-state index is 0.133. The normalized spacial score (nSPS) is 16.5. The quantitative estimate of drug-likeness (QED) is 0.772. The van der Waals surface area contributed by atoms with Crippen molar-refractivity contribution in [2.24, 2.45) is 0 Å². The Morgan fingerprint density at radius 2 is 1.87 bits per heavy atom. The highest BCUT2D eigenvalue weighted by Crippen LogP contribution is 2.11. The van der Waals surface area contributed by atoms with Crippen molar-refractivity contribution >= 4 is 22.7 Å². The molecule has 1 saturated heterocycles. The SMILES string of the molecule is CS(=O)Cc1cccc(C(=O)OCC(=O)N2CCCCCC2)c1. The number of esters is 1. The average Bonchev–Trinajstić information content (AvgIpc) is 2.81. The number of likely N-dealkylation sites (tertiary alicyclic amines) is 1. The van der Waals surface area contributed by atoms with Crippen LogP contribution in [0.15, 0.2) is 24.3 Å². The van der Waals surface area contributed by atoms with E-state index in [0.717, 1.165) is 44.3 Å². The van der Waals surface area contributed by atoms with Crippen molar-refractivity contribution in [2.75, 3.05) is 26.0 Å². The van der Waals surface area contributed by atoms with Crippen molar-refractivity contribution in [1.82, 2.24) is 4.90 Å². The molecule has 0 aromatic heterocycles. The molecule has 1 heterocycles. The van der Waals surface area contributed by atoms with E-state index in [0.29, 0.717) is 11.3 Å². The Labute approximate surface area is 139 Å². The maximum absolute atomic E-state index is 12.1. The highest BCUT2D eigenvalue weighted by Gasteiger charge is 2.17. The third kappa shape index (κ3) is 5.78. The van der Waals surface area contributed by atoms with Crippen molar-refractivity contribution in [1.29, 1.82) is 0 Å². The highest BCUT2D eigenvalue weighted by atomic mass is 32.2. The van der Waals surface area contributed by atoms with Gasteiger partial charge in [-0.1, -0.05) is 25.0 Å². The van der Waals surface area contributed by atoms with Gasteiger partial charge in [0.05, 0.1) is 5.56 Å². The van der Waals surface area contributed by atoms with Gasteiger partial charge >= 0.3 is 5.97 Å². The molecule has 0 spiro atoms. The summed E-state index contributed by atoms with van der Waals surface area (Å²) in [5, 5.41) is 0. The third-order valence-corrected chi connectivity index (χ3v) is 4.56. The number of rotatable bonds is 5. The molecule has 0 bridgehead atoms.